The lowest BCUT2D eigenvalue weighted by molar-refractivity contribution is -0.160. The van der Waals surface area contributed by atoms with E-state index in [4.69, 9.17) is 21.1 Å². The van der Waals surface area contributed by atoms with Crippen LogP contribution < -0.4 is 4.74 Å². The van der Waals surface area contributed by atoms with Crippen LogP contribution in [0.1, 0.15) is 39.3 Å². The molecule has 0 spiro atoms. The first kappa shape index (κ1) is 22.8. The summed E-state index contributed by atoms with van der Waals surface area (Å²) < 4.78 is 10.9. The fourth-order valence-electron chi connectivity index (χ4n) is 5.72. The van der Waals surface area contributed by atoms with E-state index in [0.717, 1.165) is 29.0 Å². The van der Waals surface area contributed by atoms with Crippen molar-refractivity contribution in [2.75, 3.05) is 7.11 Å². The fraction of sp³-hybridized carbons (Fsp3) is 0.462. The van der Waals surface area contributed by atoms with E-state index in [2.05, 4.69) is 24.9 Å². The van der Waals surface area contributed by atoms with Gasteiger partial charge in [-0.15, -0.1) is 0 Å². The van der Waals surface area contributed by atoms with Crippen LogP contribution >= 0.6 is 11.6 Å². The molecule has 1 aliphatic carbocycles. The molecule has 32 heavy (non-hydrogen) atoms. The Balaban J connectivity index is 1.62. The van der Waals surface area contributed by atoms with Gasteiger partial charge in [-0.25, -0.2) is 4.79 Å². The minimum absolute atomic E-state index is 0.0321. The van der Waals surface area contributed by atoms with Gasteiger partial charge in [-0.05, 0) is 61.4 Å². The van der Waals surface area contributed by atoms with Gasteiger partial charge >= 0.3 is 5.97 Å². The molecule has 0 bridgehead atoms. The summed E-state index contributed by atoms with van der Waals surface area (Å²) in [7, 11) is 1.63. The number of hydrogen-bond acceptors (Lipinski definition) is 5. The Morgan fingerprint density at radius 2 is 2.09 bits per heavy atom. The van der Waals surface area contributed by atoms with Crippen LogP contribution in [-0.4, -0.2) is 34.9 Å². The van der Waals surface area contributed by atoms with E-state index in [1.54, 1.807) is 19.4 Å². The molecule has 2 heterocycles. The summed E-state index contributed by atoms with van der Waals surface area (Å²) in [4.78, 5) is 17.0. The third kappa shape index (κ3) is 3.93. The van der Waals surface area contributed by atoms with Crippen LogP contribution in [0.5, 0.6) is 5.75 Å². The van der Waals surface area contributed by atoms with Gasteiger partial charge in [-0.2, -0.15) is 0 Å². The topological polar surface area (TPSA) is 68.7 Å². The maximum atomic E-state index is 12.4. The predicted molar refractivity (Wildman–Crippen MR) is 125 cm³/mol. The van der Waals surface area contributed by atoms with Crippen LogP contribution in [0.25, 0.3) is 17.2 Å². The van der Waals surface area contributed by atoms with Gasteiger partial charge in [0.05, 0.1) is 12.8 Å². The molecule has 5 nitrogen and oxygen atoms in total. The first-order chi connectivity index (χ1) is 15.3. The molecule has 1 aromatic heterocycles. The zero-order valence-corrected chi connectivity index (χ0v) is 19.7. The number of pyridine rings is 1. The quantitative estimate of drug-likeness (QED) is 0.611. The summed E-state index contributed by atoms with van der Waals surface area (Å²) in [6.45, 7) is 6.17. The van der Waals surface area contributed by atoms with Gasteiger partial charge < -0.3 is 14.6 Å². The van der Waals surface area contributed by atoms with Gasteiger partial charge in [0.25, 0.3) is 0 Å². The number of hydrogen-bond donors (Lipinski definition) is 1. The Hall–Kier alpha value is -2.37. The highest BCUT2D eigenvalue weighted by Gasteiger charge is 2.62. The molecule has 0 amide bonds. The predicted octanol–water partition coefficient (Wildman–Crippen LogP) is 5.40. The maximum Gasteiger partial charge on any atom is 0.338 e. The Morgan fingerprint density at radius 1 is 1.31 bits per heavy atom. The second kappa shape index (κ2) is 8.87. The van der Waals surface area contributed by atoms with Gasteiger partial charge in [0.15, 0.2) is 5.60 Å². The molecule has 0 radical (unpaired) electrons. The average Bonchev–Trinajstić information content (AvgIpc) is 2.99. The number of halogens is 1. The summed E-state index contributed by atoms with van der Waals surface area (Å²) in [5, 5.41) is 11.8. The minimum Gasteiger partial charge on any atom is -0.496 e. The molecular formula is C26H30ClNO4. The molecule has 170 valence electrons. The number of rotatable bonds is 5. The number of esters is 1. The summed E-state index contributed by atoms with van der Waals surface area (Å²) in [6.07, 6.45) is 7.02. The molecule has 1 saturated carbocycles. The van der Waals surface area contributed by atoms with Crippen molar-refractivity contribution in [1.29, 1.82) is 0 Å². The molecule has 4 rings (SSSR count). The van der Waals surface area contributed by atoms with Crippen LogP contribution in [0.15, 0.2) is 42.6 Å². The molecule has 2 aliphatic rings. The SMILES string of the molecule is CCC1C(C)CC2(O)C(=O)O[C@H](C)C2C1/C=C/c1ccc(-c2cc(Cl)ccc2OC)cn1. The van der Waals surface area contributed by atoms with Crippen molar-refractivity contribution in [3.05, 3.63) is 53.3 Å². The normalized spacial score (nSPS) is 32.1. The first-order valence-electron chi connectivity index (χ1n) is 11.2. The maximum absolute atomic E-state index is 12.4. The van der Waals surface area contributed by atoms with Crippen LogP contribution in [0.3, 0.4) is 0 Å². The standard InChI is InChI=1S/C26H30ClNO4/c1-5-20-15(2)13-26(30)24(16(3)32-25(26)29)21(20)10-9-19-8-6-17(14-28-19)22-12-18(27)7-11-23(22)31-4/h6-12,14-16,20-21,24,30H,5,13H2,1-4H3/b10-9+/t15?,16-,20?,21?,24?,26?/m1/s1. The van der Waals surface area contributed by atoms with Crippen LogP contribution in [0.2, 0.25) is 5.02 Å². The molecule has 6 atom stereocenters. The van der Waals surface area contributed by atoms with E-state index in [1.165, 1.54) is 0 Å². The Labute approximate surface area is 194 Å². The second-order valence-electron chi connectivity index (χ2n) is 9.07. The van der Waals surface area contributed by atoms with Crippen molar-refractivity contribution >= 4 is 23.6 Å². The number of cyclic esters (lactones) is 1. The molecule has 2 fully saturated rings. The largest absolute Gasteiger partial charge is 0.496 e. The smallest absolute Gasteiger partial charge is 0.338 e. The van der Waals surface area contributed by atoms with Gasteiger partial charge in [0.2, 0.25) is 0 Å². The van der Waals surface area contributed by atoms with Crippen LogP contribution in [0, 0.1) is 23.7 Å². The third-order valence-electron chi connectivity index (χ3n) is 7.20. The molecule has 6 heteroatoms. The number of carbonyl (C=O) groups is 1. The lowest BCUT2D eigenvalue weighted by atomic mass is 9.59. The van der Waals surface area contributed by atoms with Gasteiger partial charge in [-0.3, -0.25) is 4.98 Å². The van der Waals surface area contributed by atoms with Crippen LogP contribution in [-0.2, 0) is 9.53 Å². The zero-order chi connectivity index (χ0) is 23.0. The fourth-order valence-corrected chi connectivity index (χ4v) is 5.89. The number of aliphatic hydroxyl groups is 1. The van der Waals surface area contributed by atoms with E-state index in [9.17, 15) is 9.90 Å². The van der Waals surface area contributed by atoms with Crippen molar-refractivity contribution in [2.45, 2.75) is 45.3 Å². The molecule has 2 aromatic rings. The summed E-state index contributed by atoms with van der Waals surface area (Å²) >= 11 is 6.17. The summed E-state index contributed by atoms with van der Waals surface area (Å²) in [5.41, 5.74) is 1.21. The number of allylic oxidation sites excluding steroid dienone is 1. The van der Waals surface area contributed by atoms with Crippen molar-refractivity contribution < 1.29 is 19.4 Å². The Morgan fingerprint density at radius 3 is 2.75 bits per heavy atom. The van der Waals surface area contributed by atoms with E-state index < -0.39 is 11.6 Å². The number of methoxy groups -OCH3 is 1. The first-order valence-corrected chi connectivity index (χ1v) is 11.6. The van der Waals surface area contributed by atoms with Crippen molar-refractivity contribution in [3.8, 4) is 16.9 Å². The number of carbonyl (C=O) groups excluding carboxylic acids is 1. The summed E-state index contributed by atoms with van der Waals surface area (Å²) in [5.74, 6) is 0.628. The number of ether oxygens (including phenoxy) is 2. The number of nitrogens with zero attached hydrogens (tertiary/aromatic N) is 1. The summed E-state index contributed by atoms with van der Waals surface area (Å²) in [6, 6.07) is 9.44. The van der Waals surface area contributed by atoms with E-state index in [1.807, 2.05) is 37.3 Å². The molecule has 1 aromatic carbocycles. The number of aromatic nitrogens is 1. The number of fused-ring (bicyclic) bond motifs is 1. The van der Waals surface area contributed by atoms with Gasteiger partial charge in [0.1, 0.15) is 11.9 Å². The van der Waals surface area contributed by atoms with Crippen molar-refractivity contribution in [1.82, 2.24) is 4.98 Å². The molecule has 1 N–H and O–H groups in total. The molecular weight excluding hydrogens is 426 g/mol. The van der Waals surface area contributed by atoms with Gasteiger partial charge in [-0.1, -0.05) is 44.0 Å². The minimum atomic E-state index is -1.40. The molecule has 5 unspecified atom stereocenters. The van der Waals surface area contributed by atoms with E-state index >= 15 is 0 Å². The van der Waals surface area contributed by atoms with Crippen LogP contribution in [0.4, 0.5) is 0 Å². The Bertz CT molecular complexity index is 1020. The lowest BCUT2D eigenvalue weighted by Crippen LogP contribution is -2.53. The highest BCUT2D eigenvalue weighted by atomic mass is 35.5. The molecule has 1 aliphatic heterocycles. The van der Waals surface area contributed by atoms with E-state index in [-0.39, 0.29) is 23.9 Å². The van der Waals surface area contributed by atoms with Crippen molar-refractivity contribution in [3.63, 3.8) is 0 Å². The zero-order valence-electron chi connectivity index (χ0n) is 18.9. The lowest BCUT2D eigenvalue weighted by Gasteiger charge is -2.45. The highest BCUT2D eigenvalue weighted by Crippen LogP contribution is 2.52. The average molecular weight is 456 g/mol. The van der Waals surface area contributed by atoms with Crippen molar-refractivity contribution in [2.24, 2.45) is 23.7 Å². The number of benzene rings is 1. The highest BCUT2D eigenvalue weighted by molar-refractivity contribution is 6.31. The third-order valence-corrected chi connectivity index (χ3v) is 7.43. The monoisotopic (exact) mass is 455 g/mol. The second-order valence-corrected chi connectivity index (χ2v) is 9.50. The van der Waals surface area contributed by atoms with Gasteiger partial charge in [0, 0.05) is 28.3 Å². The molecule has 1 saturated heterocycles. The van der Waals surface area contributed by atoms with E-state index in [0.29, 0.717) is 17.4 Å². The Kier molecular flexibility index (Phi) is 6.33.